The van der Waals surface area contributed by atoms with E-state index in [0.29, 0.717) is 0 Å². The molecule has 0 heterocycles. The molecule has 0 bridgehead atoms. The van der Waals surface area contributed by atoms with E-state index in [2.05, 4.69) is 0 Å². The van der Waals surface area contributed by atoms with E-state index in [4.69, 9.17) is 19.1 Å². The van der Waals surface area contributed by atoms with Crippen LogP contribution in [-0.4, -0.2) is 39.4 Å². The summed E-state index contributed by atoms with van der Waals surface area (Å²) < 4.78 is 13.6. The third-order valence-corrected chi connectivity index (χ3v) is 0.408. The molecule has 52 valence electrons. The number of hydrogen-bond acceptors (Lipinski definition) is 2. The van der Waals surface area contributed by atoms with Crippen molar-refractivity contribution in [2.75, 3.05) is 11.9 Å². The zero-order chi connectivity index (χ0) is 7.70. The monoisotopic (exact) mass is 148 g/mol. The molecule has 6 heteroatoms. The Morgan fingerprint density at radius 1 is 1.67 bits per heavy atom. The second-order valence-corrected chi connectivity index (χ2v) is 1.63. The Morgan fingerprint density at radius 3 is 2.00 bits per heavy atom. The summed E-state index contributed by atoms with van der Waals surface area (Å²) in [5.74, 6) is 0. The van der Waals surface area contributed by atoms with Gasteiger partial charge in [0.1, 0.15) is 0 Å². The quantitative estimate of drug-likeness (QED) is 0.409. The summed E-state index contributed by atoms with van der Waals surface area (Å²) in [6.07, 6.45) is 0. The molecule has 0 aromatic heterocycles. The van der Waals surface area contributed by atoms with Crippen molar-refractivity contribution in [3.63, 3.8) is 0 Å². The van der Waals surface area contributed by atoms with Crippen molar-refractivity contribution in [2.24, 2.45) is 0 Å². The minimum atomic E-state index is -3.13. The molecule has 2 N–H and O–H groups in total. The minimum absolute atomic E-state index is 0.844. The molecule has 0 spiro atoms. The van der Waals surface area contributed by atoms with Gasteiger partial charge in [-0.05, 0) is 0 Å². The van der Waals surface area contributed by atoms with E-state index in [-0.39, 0.29) is 0 Å². The van der Waals surface area contributed by atoms with Crippen LogP contribution < -0.4 is 0 Å². The van der Waals surface area contributed by atoms with E-state index in [1.54, 1.807) is 0 Å². The summed E-state index contributed by atoms with van der Waals surface area (Å²) in [4.78, 5) is 14.3. The fraction of sp³-hybridized carbons (Fsp3) is 1.00. The van der Waals surface area contributed by atoms with Crippen molar-refractivity contribution in [1.82, 2.24) is 0 Å². The summed E-state index contributed by atoms with van der Waals surface area (Å²) in [5, 5.41) is 0.844. The van der Waals surface area contributed by atoms with Crippen LogP contribution in [0, 0.1) is 0 Å². The Morgan fingerprint density at radius 2 is 2.00 bits per heavy atom. The molecule has 0 amide bonds. The Hall–Kier alpha value is 0.707. The van der Waals surface area contributed by atoms with Gasteiger partial charge in [-0.3, -0.25) is 4.57 Å². The van der Waals surface area contributed by atoms with E-state index < -0.39 is 8.25 Å². The fourth-order valence-corrected chi connectivity index (χ4v) is 0.204. The standard InChI is InChI=1S/C3H7O.Li.H3O3P/c1-3-4-2;;1-4(2)3/h2-3H2,1H3;;4H,(H2,1,2,3). The molecular weight excluding hydrogens is 138 g/mol. The Labute approximate surface area is 64.4 Å². The molecule has 0 saturated carbocycles. The summed E-state index contributed by atoms with van der Waals surface area (Å²) in [6.45, 7) is 2.83. The van der Waals surface area contributed by atoms with Crippen molar-refractivity contribution < 1.29 is 19.1 Å². The number of hydrogen-bond donors (Lipinski definition) is 2. The Kier molecular flexibility index (Phi) is 15.8. The summed E-state index contributed by atoms with van der Waals surface area (Å²) in [5.41, 5.74) is 0. The van der Waals surface area contributed by atoms with E-state index in [1.807, 2.05) is 24.6 Å². The molecule has 0 atom stereocenters. The SMILES string of the molecule is O=[PH](O)O.[Li][CH2]OCC. The first kappa shape index (κ1) is 12.4. The van der Waals surface area contributed by atoms with Crippen LogP contribution in [0.15, 0.2) is 0 Å². The number of rotatable bonds is 2. The predicted molar refractivity (Wildman–Crippen MR) is 35.7 cm³/mol. The molecule has 0 aliphatic carbocycles. The van der Waals surface area contributed by atoms with E-state index >= 15 is 0 Å². The average Bonchev–Trinajstić information content (AvgIpc) is 1.66. The molecule has 0 unspecified atom stereocenters. The maximum atomic E-state index is 8.74. The van der Waals surface area contributed by atoms with Gasteiger partial charge in [-0.25, -0.2) is 0 Å². The first-order valence-electron chi connectivity index (χ1n) is 2.64. The molecule has 0 aliphatic rings. The third kappa shape index (κ3) is 53.4. The van der Waals surface area contributed by atoms with Gasteiger partial charge in [0.2, 0.25) is 0 Å². The van der Waals surface area contributed by atoms with Gasteiger partial charge in [-0.2, -0.15) is 0 Å². The van der Waals surface area contributed by atoms with Crippen molar-refractivity contribution in [3.8, 4) is 0 Å². The molecule has 0 aromatic carbocycles. The maximum absolute atomic E-state index is 8.74. The van der Waals surface area contributed by atoms with Crippen LogP contribution in [0.1, 0.15) is 6.92 Å². The molecule has 0 aliphatic heterocycles. The van der Waals surface area contributed by atoms with E-state index in [0.717, 1.165) is 11.9 Å². The van der Waals surface area contributed by atoms with Gasteiger partial charge in [0, 0.05) is 0 Å². The molecule has 0 rings (SSSR count). The van der Waals surface area contributed by atoms with Gasteiger partial charge in [0.05, 0.1) is 0 Å². The van der Waals surface area contributed by atoms with Gasteiger partial charge in [-0.1, -0.05) is 0 Å². The van der Waals surface area contributed by atoms with E-state index in [1.165, 1.54) is 0 Å². The van der Waals surface area contributed by atoms with Crippen LogP contribution in [0.5, 0.6) is 0 Å². The predicted octanol–water partition coefficient (Wildman–Crippen LogP) is -0.490. The van der Waals surface area contributed by atoms with Crippen molar-refractivity contribution >= 4 is 26.0 Å². The summed E-state index contributed by atoms with van der Waals surface area (Å²) >= 11 is 1.99. The molecule has 0 radical (unpaired) electrons. The van der Waals surface area contributed by atoms with Crippen molar-refractivity contribution in [1.29, 1.82) is 0 Å². The summed E-state index contributed by atoms with van der Waals surface area (Å²) in [6, 6.07) is 0. The van der Waals surface area contributed by atoms with Crippen molar-refractivity contribution in [2.45, 2.75) is 6.92 Å². The number of ether oxygens (including phenoxy) is 1. The van der Waals surface area contributed by atoms with Gasteiger partial charge in [0.15, 0.2) is 0 Å². The third-order valence-electron chi connectivity index (χ3n) is 0.408. The van der Waals surface area contributed by atoms with E-state index in [9.17, 15) is 0 Å². The zero-order valence-electron chi connectivity index (χ0n) is 5.63. The van der Waals surface area contributed by atoms with Gasteiger partial charge in [-0.15, -0.1) is 0 Å². The molecule has 0 aromatic rings. The zero-order valence-corrected chi connectivity index (χ0v) is 6.63. The molecular formula is C3H10LiO4P. The first-order chi connectivity index (χ1) is 4.15. The second kappa shape index (κ2) is 11.5. The van der Waals surface area contributed by atoms with Crippen LogP contribution in [0.25, 0.3) is 0 Å². The van der Waals surface area contributed by atoms with Crippen LogP contribution in [0.2, 0.25) is 0 Å². The van der Waals surface area contributed by atoms with Gasteiger partial charge >= 0.3 is 49.5 Å². The van der Waals surface area contributed by atoms with Crippen LogP contribution >= 0.6 is 8.25 Å². The Balaban J connectivity index is 0. The van der Waals surface area contributed by atoms with Crippen LogP contribution in [0.4, 0.5) is 0 Å². The normalized spacial score (nSPS) is 8.67. The van der Waals surface area contributed by atoms with Crippen LogP contribution in [-0.2, 0) is 9.30 Å². The second-order valence-electron chi connectivity index (χ2n) is 1.06. The van der Waals surface area contributed by atoms with Crippen LogP contribution in [0.3, 0.4) is 0 Å². The average molecular weight is 148 g/mol. The fourth-order valence-electron chi connectivity index (χ4n) is 0.204. The Bertz CT molecular complexity index is 62.8. The molecule has 0 saturated heterocycles. The topological polar surface area (TPSA) is 66.8 Å². The summed E-state index contributed by atoms with van der Waals surface area (Å²) in [7, 11) is -3.13. The van der Waals surface area contributed by atoms with Gasteiger partial charge in [0.25, 0.3) is 0 Å². The first-order valence-corrected chi connectivity index (χ1v) is 3.95. The molecule has 0 fully saturated rings. The molecule has 9 heavy (non-hydrogen) atoms. The molecule has 4 nitrogen and oxygen atoms in total. The van der Waals surface area contributed by atoms with Crippen molar-refractivity contribution in [3.05, 3.63) is 0 Å². The van der Waals surface area contributed by atoms with Gasteiger partial charge < -0.3 is 9.79 Å².